The molecule has 1 aliphatic rings. The lowest BCUT2D eigenvalue weighted by atomic mass is 9.90. The monoisotopic (exact) mass is 403 g/mol. The van der Waals surface area contributed by atoms with Gasteiger partial charge in [0.05, 0.1) is 6.54 Å². The fourth-order valence-electron chi connectivity index (χ4n) is 3.64. The van der Waals surface area contributed by atoms with Crippen LogP contribution in [-0.2, 0) is 17.8 Å². The standard InChI is InChI=1S/C24H25N3O3/c1-24(2,30-20-10-11-21-18(15-20)7-4-9-22(21)28)23(29)26-19-8-3-6-17(14-19)16-27-13-5-12-25-27/h3,5-6,8,10-15H,4,7,9,16H2,1-2H3,(H,26,29). The van der Waals surface area contributed by atoms with E-state index in [-0.39, 0.29) is 11.7 Å². The van der Waals surface area contributed by atoms with Gasteiger partial charge in [-0.2, -0.15) is 5.10 Å². The Bertz CT molecular complexity index is 1070. The molecule has 0 radical (unpaired) electrons. The predicted octanol–water partition coefficient (Wildman–Crippen LogP) is 4.25. The minimum absolute atomic E-state index is 0.176. The van der Waals surface area contributed by atoms with E-state index in [0.29, 0.717) is 24.4 Å². The number of benzene rings is 2. The average molecular weight is 403 g/mol. The number of carbonyl (C=O) groups is 2. The third-order valence-corrected chi connectivity index (χ3v) is 5.24. The van der Waals surface area contributed by atoms with Crippen molar-refractivity contribution in [3.63, 3.8) is 0 Å². The van der Waals surface area contributed by atoms with Crippen LogP contribution in [0.2, 0.25) is 0 Å². The molecule has 2 aromatic carbocycles. The minimum Gasteiger partial charge on any atom is -0.478 e. The Kier molecular flexibility index (Phi) is 5.40. The normalized spacial score (nSPS) is 13.6. The van der Waals surface area contributed by atoms with Crippen LogP contribution in [0.3, 0.4) is 0 Å². The first kappa shape index (κ1) is 19.9. The molecule has 1 aliphatic carbocycles. The summed E-state index contributed by atoms with van der Waals surface area (Å²) in [6.45, 7) is 4.10. The highest BCUT2D eigenvalue weighted by molar-refractivity contribution is 5.99. The smallest absolute Gasteiger partial charge is 0.267 e. The Hall–Kier alpha value is -3.41. The van der Waals surface area contributed by atoms with Gasteiger partial charge in [0.25, 0.3) is 5.91 Å². The van der Waals surface area contributed by atoms with Crippen molar-refractivity contribution >= 4 is 17.4 Å². The second-order valence-electron chi connectivity index (χ2n) is 8.07. The van der Waals surface area contributed by atoms with Gasteiger partial charge in [0.15, 0.2) is 11.4 Å². The van der Waals surface area contributed by atoms with Gasteiger partial charge < -0.3 is 10.1 Å². The van der Waals surface area contributed by atoms with Crippen LogP contribution in [0.1, 0.15) is 48.2 Å². The van der Waals surface area contributed by atoms with Crippen molar-refractivity contribution in [1.82, 2.24) is 9.78 Å². The summed E-state index contributed by atoms with van der Waals surface area (Å²) in [5.74, 6) is 0.526. The predicted molar refractivity (Wildman–Crippen MR) is 115 cm³/mol. The number of rotatable bonds is 6. The number of ketones is 1. The molecule has 1 heterocycles. The van der Waals surface area contributed by atoms with Crippen LogP contribution in [0.25, 0.3) is 0 Å². The molecule has 0 aliphatic heterocycles. The molecule has 4 rings (SSSR count). The van der Waals surface area contributed by atoms with Crippen molar-refractivity contribution < 1.29 is 14.3 Å². The minimum atomic E-state index is -1.08. The van der Waals surface area contributed by atoms with Crippen LogP contribution >= 0.6 is 0 Å². The van der Waals surface area contributed by atoms with E-state index < -0.39 is 5.60 Å². The number of aryl methyl sites for hydroxylation is 1. The Balaban J connectivity index is 1.44. The molecule has 0 unspecified atom stereocenters. The summed E-state index contributed by atoms with van der Waals surface area (Å²) in [5, 5.41) is 7.16. The van der Waals surface area contributed by atoms with E-state index in [0.717, 1.165) is 29.5 Å². The van der Waals surface area contributed by atoms with Crippen LogP contribution in [0.15, 0.2) is 60.9 Å². The van der Waals surface area contributed by atoms with Crippen LogP contribution in [0, 0.1) is 0 Å². The molecule has 0 spiro atoms. The zero-order valence-corrected chi connectivity index (χ0v) is 17.2. The number of carbonyl (C=O) groups excluding carboxylic acids is 2. The average Bonchev–Trinajstić information content (AvgIpc) is 3.21. The lowest BCUT2D eigenvalue weighted by molar-refractivity contribution is -0.128. The zero-order valence-electron chi connectivity index (χ0n) is 17.2. The first-order chi connectivity index (χ1) is 14.4. The molecule has 3 aromatic rings. The molecule has 0 atom stereocenters. The summed E-state index contributed by atoms with van der Waals surface area (Å²) < 4.78 is 7.84. The molecule has 0 fully saturated rings. The summed E-state index contributed by atoms with van der Waals surface area (Å²) in [6, 6.07) is 15.0. The van der Waals surface area contributed by atoms with Crippen LogP contribution < -0.4 is 10.1 Å². The van der Waals surface area contributed by atoms with Gasteiger partial charge in [0.1, 0.15) is 5.75 Å². The Labute approximate surface area is 175 Å². The van der Waals surface area contributed by atoms with E-state index in [1.165, 1.54) is 0 Å². The van der Waals surface area contributed by atoms with Crippen molar-refractivity contribution in [2.45, 2.75) is 45.3 Å². The number of nitrogens with zero attached hydrogens (tertiary/aromatic N) is 2. The third kappa shape index (κ3) is 4.43. The maximum atomic E-state index is 12.9. The van der Waals surface area contributed by atoms with Crippen molar-refractivity contribution in [3.05, 3.63) is 77.6 Å². The van der Waals surface area contributed by atoms with Crippen LogP contribution in [-0.4, -0.2) is 27.1 Å². The fraction of sp³-hybridized carbons (Fsp3) is 0.292. The van der Waals surface area contributed by atoms with E-state index in [1.54, 1.807) is 32.2 Å². The number of ether oxygens (including phenoxy) is 1. The number of anilines is 1. The van der Waals surface area contributed by atoms with E-state index in [1.807, 2.05) is 47.3 Å². The second-order valence-corrected chi connectivity index (χ2v) is 8.07. The highest BCUT2D eigenvalue weighted by atomic mass is 16.5. The van der Waals surface area contributed by atoms with Gasteiger partial charge in [-0.15, -0.1) is 0 Å². The van der Waals surface area contributed by atoms with Gasteiger partial charge in [-0.3, -0.25) is 14.3 Å². The molecular formula is C24H25N3O3. The number of Topliss-reactive ketones (excluding diaryl/α,β-unsaturated/α-hetero) is 1. The summed E-state index contributed by atoms with van der Waals surface area (Å²) in [7, 11) is 0. The topological polar surface area (TPSA) is 73.2 Å². The number of hydrogen-bond acceptors (Lipinski definition) is 4. The zero-order chi connectivity index (χ0) is 21.1. The first-order valence-corrected chi connectivity index (χ1v) is 10.1. The number of nitrogens with one attached hydrogen (secondary N) is 1. The molecule has 1 aromatic heterocycles. The molecule has 1 amide bonds. The Morgan fingerprint density at radius 3 is 2.83 bits per heavy atom. The van der Waals surface area contributed by atoms with Gasteiger partial charge in [-0.25, -0.2) is 0 Å². The number of aromatic nitrogens is 2. The number of hydrogen-bond donors (Lipinski definition) is 1. The molecule has 1 N–H and O–H groups in total. The highest BCUT2D eigenvalue weighted by Crippen LogP contribution is 2.28. The molecule has 6 heteroatoms. The van der Waals surface area contributed by atoms with E-state index in [9.17, 15) is 9.59 Å². The number of amides is 1. The first-order valence-electron chi connectivity index (χ1n) is 10.1. The Morgan fingerprint density at radius 2 is 2.03 bits per heavy atom. The largest absolute Gasteiger partial charge is 0.478 e. The molecule has 0 bridgehead atoms. The van der Waals surface area contributed by atoms with Crippen molar-refractivity contribution in [1.29, 1.82) is 0 Å². The Morgan fingerprint density at radius 1 is 1.17 bits per heavy atom. The summed E-state index contributed by atoms with van der Waals surface area (Å²) in [5.41, 5.74) is 2.42. The van der Waals surface area contributed by atoms with E-state index in [4.69, 9.17) is 4.74 Å². The third-order valence-electron chi connectivity index (χ3n) is 5.24. The summed E-state index contributed by atoms with van der Waals surface area (Å²) >= 11 is 0. The van der Waals surface area contributed by atoms with Crippen molar-refractivity contribution in [2.75, 3.05) is 5.32 Å². The lowest BCUT2D eigenvalue weighted by Gasteiger charge is -2.26. The van der Waals surface area contributed by atoms with E-state index in [2.05, 4.69) is 10.4 Å². The quantitative estimate of drug-likeness (QED) is 0.668. The maximum absolute atomic E-state index is 12.9. The number of fused-ring (bicyclic) bond motifs is 1. The summed E-state index contributed by atoms with van der Waals surface area (Å²) in [6.07, 6.45) is 5.94. The van der Waals surface area contributed by atoms with Gasteiger partial charge in [-0.1, -0.05) is 12.1 Å². The molecule has 6 nitrogen and oxygen atoms in total. The van der Waals surface area contributed by atoms with Crippen LogP contribution in [0.5, 0.6) is 5.75 Å². The molecule has 0 saturated carbocycles. The van der Waals surface area contributed by atoms with Crippen molar-refractivity contribution in [2.24, 2.45) is 0 Å². The highest BCUT2D eigenvalue weighted by Gasteiger charge is 2.30. The summed E-state index contributed by atoms with van der Waals surface area (Å²) in [4.78, 5) is 24.9. The van der Waals surface area contributed by atoms with Gasteiger partial charge in [0, 0.05) is 30.1 Å². The second kappa shape index (κ2) is 8.14. The molecule has 154 valence electrons. The molecular weight excluding hydrogens is 378 g/mol. The maximum Gasteiger partial charge on any atom is 0.267 e. The lowest BCUT2D eigenvalue weighted by Crippen LogP contribution is -2.42. The van der Waals surface area contributed by atoms with Gasteiger partial charge in [0.2, 0.25) is 0 Å². The van der Waals surface area contributed by atoms with Gasteiger partial charge >= 0.3 is 0 Å². The van der Waals surface area contributed by atoms with Crippen molar-refractivity contribution in [3.8, 4) is 5.75 Å². The van der Waals surface area contributed by atoms with Gasteiger partial charge in [-0.05, 0) is 74.2 Å². The van der Waals surface area contributed by atoms with E-state index >= 15 is 0 Å². The molecule has 0 saturated heterocycles. The van der Waals surface area contributed by atoms with Crippen LogP contribution in [0.4, 0.5) is 5.69 Å². The SMILES string of the molecule is CC(C)(Oc1ccc2c(c1)CCCC2=O)C(=O)Nc1cccc(Cn2cccn2)c1. The molecule has 30 heavy (non-hydrogen) atoms. The fourth-order valence-corrected chi connectivity index (χ4v) is 3.64.